The number of nitrogens with one attached hydrogen (secondary N) is 2. The van der Waals surface area contributed by atoms with E-state index in [1.807, 2.05) is 5.38 Å². The second-order valence-corrected chi connectivity index (χ2v) is 3.92. The van der Waals surface area contributed by atoms with Gasteiger partial charge in [0.25, 0.3) is 0 Å². The van der Waals surface area contributed by atoms with Gasteiger partial charge in [-0.15, -0.1) is 11.3 Å². The van der Waals surface area contributed by atoms with Crippen LogP contribution in [-0.4, -0.2) is 23.5 Å². The topological polar surface area (TPSA) is 54.0 Å². The molecule has 2 rings (SSSR count). The zero-order chi connectivity index (χ0) is 9.10. The summed E-state index contributed by atoms with van der Waals surface area (Å²) in [6.45, 7) is 0.777. The lowest BCUT2D eigenvalue weighted by atomic mass is 10.2. The fourth-order valence-corrected chi connectivity index (χ4v) is 1.89. The zero-order valence-electron chi connectivity index (χ0n) is 7.12. The van der Waals surface area contributed by atoms with Crippen LogP contribution in [0.5, 0.6) is 0 Å². The van der Waals surface area contributed by atoms with Crippen LogP contribution in [0.4, 0.5) is 5.13 Å². The number of amides is 1. The lowest BCUT2D eigenvalue weighted by molar-refractivity contribution is -0.119. The fraction of sp³-hybridized carbons (Fsp3) is 0.500. The molecular weight excluding hydrogens is 186 g/mol. The van der Waals surface area contributed by atoms with E-state index in [4.69, 9.17) is 0 Å². The molecule has 13 heavy (non-hydrogen) atoms. The lowest BCUT2D eigenvalue weighted by Crippen LogP contribution is -2.31. The SMILES string of the molecule is O=C1CCC(CNc2nccs2)N1. The molecule has 0 saturated carbocycles. The van der Waals surface area contributed by atoms with Gasteiger partial charge in [0, 0.05) is 30.6 Å². The van der Waals surface area contributed by atoms with Crippen molar-refractivity contribution in [3.8, 4) is 0 Å². The monoisotopic (exact) mass is 197 g/mol. The van der Waals surface area contributed by atoms with E-state index in [2.05, 4.69) is 15.6 Å². The van der Waals surface area contributed by atoms with Crippen molar-refractivity contribution in [3.63, 3.8) is 0 Å². The molecule has 0 bridgehead atoms. The third kappa shape index (κ3) is 2.18. The number of carbonyl (C=O) groups excluding carboxylic acids is 1. The number of rotatable bonds is 3. The van der Waals surface area contributed by atoms with E-state index in [1.54, 1.807) is 17.5 Å². The van der Waals surface area contributed by atoms with Crippen molar-refractivity contribution in [3.05, 3.63) is 11.6 Å². The first kappa shape index (κ1) is 8.50. The largest absolute Gasteiger partial charge is 0.359 e. The molecule has 2 heterocycles. The molecule has 1 fully saturated rings. The van der Waals surface area contributed by atoms with Crippen LogP contribution in [0, 0.1) is 0 Å². The predicted molar refractivity (Wildman–Crippen MR) is 51.8 cm³/mol. The van der Waals surface area contributed by atoms with Gasteiger partial charge in [0.05, 0.1) is 0 Å². The Morgan fingerprint density at radius 1 is 1.77 bits per heavy atom. The van der Waals surface area contributed by atoms with E-state index in [0.29, 0.717) is 6.42 Å². The van der Waals surface area contributed by atoms with Gasteiger partial charge < -0.3 is 10.6 Å². The summed E-state index contributed by atoms with van der Waals surface area (Å²) in [7, 11) is 0. The van der Waals surface area contributed by atoms with Crippen molar-refractivity contribution < 1.29 is 4.79 Å². The van der Waals surface area contributed by atoms with Gasteiger partial charge in [0.15, 0.2) is 5.13 Å². The Bertz CT molecular complexity index is 286. The minimum atomic E-state index is 0.158. The molecule has 2 N–H and O–H groups in total. The Hall–Kier alpha value is -1.10. The van der Waals surface area contributed by atoms with Crippen molar-refractivity contribution >= 4 is 22.4 Å². The molecule has 0 spiro atoms. The summed E-state index contributed by atoms with van der Waals surface area (Å²) < 4.78 is 0. The van der Waals surface area contributed by atoms with Crippen molar-refractivity contribution in [1.29, 1.82) is 0 Å². The van der Waals surface area contributed by atoms with Gasteiger partial charge in [-0.3, -0.25) is 4.79 Å². The lowest BCUT2D eigenvalue weighted by Gasteiger charge is -2.09. The molecule has 1 aliphatic rings. The second kappa shape index (κ2) is 3.74. The second-order valence-electron chi connectivity index (χ2n) is 3.02. The summed E-state index contributed by atoms with van der Waals surface area (Å²) in [5.74, 6) is 0.158. The number of thiazole rings is 1. The molecule has 1 saturated heterocycles. The molecule has 4 nitrogen and oxygen atoms in total. The number of nitrogens with zero attached hydrogens (tertiary/aromatic N) is 1. The fourth-order valence-electron chi connectivity index (χ4n) is 1.35. The average Bonchev–Trinajstić information content (AvgIpc) is 2.71. The molecule has 1 unspecified atom stereocenters. The van der Waals surface area contributed by atoms with Crippen molar-refractivity contribution in [2.75, 3.05) is 11.9 Å². The first-order chi connectivity index (χ1) is 6.34. The summed E-state index contributed by atoms with van der Waals surface area (Å²) in [6, 6.07) is 0.274. The maximum Gasteiger partial charge on any atom is 0.220 e. The molecule has 0 aromatic carbocycles. The summed E-state index contributed by atoms with van der Waals surface area (Å²) in [6.07, 6.45) is 3.35. The van der Waals surface area contributed by atoms with Gasteiger partial charge in [0.1, 0.15) is 0 Å². The minimum Gasteiger partial charge on any atom is -0.359 e. The molecule has 5 heteroatoms. The molecule has 1 amide bonds. The predicted octanol–water partition coefficient (Wildman–Crippen LogP) is 0.834. The van der Waals surface area contributed by atoms with Gasteiger partial charge in [-0.25, -0.2) is 4.98 Å². The molecular formula is C8H11N3OS. The maximum absolute atomic E-state index is 10.9. The average molecular weight is 197 g/mol. The van der Waals surface area contributed by atoms with Crippen molar-refractivity contribution in [2.24, 2.45) is 0 Å². The molecule has 0 radical (unpaired) electrons. The maximum atomic E-state index is 10.9. The zero-order valence-corrected chi connectivity index (χ0v) is 7.93. The van der Waals surface area contributed by atoms with Crippen LogP contribution in [0.1, 0.15) is 12.8 Å². The normalized spacial score (nSPS) is 21.5. The van der Waals surface area contributed by atoms with E-state index in [0.717, 1.165) is 18.1 Å². The molecule has 1 aromatic heterocycles. The number of carbonyl (C=O) groups is 1. The standard InChI is InChI=1S/C8H11N3OS/c12-7-2-1-6(11-7)5-10-8-9-3-4-13-8/h3-4,6H,1-2,5H2,(H,9,10)(H,11,12). The van der Waals surface area contributed by atoms with Crippen LogP contribution >= 0.6 is 11.3 Å². The van der Waals surface area contributed by atoms with E-state index >= 15 is 0 Å². The molecule has 70 valence electrons. The van der Waals surface area contributed by atoms with Crippen LogP contribution < -0.4 is 10.6 Å². The summed E-state index contributed by atoms with van der Waals surface area (Å²) in [4.78, 5) is 15.0. The van der Waals surface area contributed by atoms with Crippen LogP contribution in [0.25, 0.3) is 0 Å². The number of aromatic nitrogens is 1. The summed E-state index contributed by atoms with van der Waals surface area (Å²) >= 11 is 1.57. The molecule has 1 atom stereocenters. The Kier molecular flexibility index (Phi) is 2.44. The van der Waals surface area contributed by atoms with Gasteiger partial charge in [-0.1, -0.05) is 0 Å². The molecule has 1 aliphatic heterocycles. The van der Waals surface area contributed by atoms with E-state index < -0.39 is 0 Å². The summed E-state index contributed by atoms with van der Waals surface area (Å²) in [5.41, 5.74) is 0. The van der Waals surface area contributed by atoms with Crippen LogP contribution in [0.15, 0.2) is 11.6 Å². The Balaban J connectivity index is 1.77. The minimum absolute atomic E-state index is 0.158. The number of anilines is 1. The van der Waals surface area contributed by atoms with Gasteiger partial charge in [0.2, 0.25) is 5.91 Å². The highest BCUT2D eigenvalue weighted by molar-refractivity contribution is 7.13. The van der Waals surface area contributed by atoms with Gasteiger partial charge in [-0.05, 0) is 6.42 Å². The van der Waals surface area contributed by atoms with Crippen LogP contribution in [0.3, 0.4) is 0 Å². The third-order valence-corrected chi connectivity index (χ3v) is 2.75. The Morgan fingerprint density at radius 3 is 3.31 bits per heavy atom. The summed E-state index contributed by atoms with van der Waals surface area (Å²) in [5, 5.41) is 8.92. The highest BCUT2D eigenvalue weighted by Gasteiger charge is 2.20. The number of hydrogen-bond acceptors (Lipinski definition) is 4. The van der Waals surface area contributed by atoms with Gasteiger partial charge in [-0.2, -0.15) is 0 Å². The van der Waals surface area contributed by atoms with E-state index in [9.17, 15) is 4.79 Å². The van der Waals surface area contributed by atoms with E-state index in [-0.39, 0.29) is 11.9 Å². The number of hydrogen-bond donors (Lipinski definition) is 2. The Labute approximate surface area is 80.4 Å². The van der Waals surface area contributed by atoms with Crippen molar-refractivity contribution in [1.82, 2.24) is 10.3 Å². The van der Waals surface area contributed by atoms with Crippen molar-refractivity contribution in [2.45, 2.75) is 18.9 Å². The van der Waals surface area contributed by atoms with Crippen LogP contribution in [-0.2, 0) is 4.79 Å². The van der Waals surface area contributed by atoms with E-state index in [1.165, 1.54) is 0 Å². The third-order valence-electron chi connectivity index (χ3n) is 2.02. The highest BCUT2D eigenvalue weighted by atomic mass is 32.1. The van der Waals surface area contributed by atoms with Crippen LogP contribution in [0.2, 0.25) is 0 Å². The molecule has 0 aliphatic carbocycles. The highest BCUT2D eigenvalue weighted by Crippen LogP contribution is 2.12. The first-order valence-corrected chi connectivity index (χ1v) is 5.15. The smallest absolute Gasteiger partial charge is 0.220 e. The first-order valence-electron chi connectivity index (χ1n) is 4.27. The molecule has 1 aromatic rings. The van der Waals surface area contributed by atoms with Gasteiger partial charge >= 0.3 is 0 Å². The quantitative estimate of drug-likeness (QED) is 0.754. The Morgan fingerprint density at radius 2 is 2.69 bits per heavy atom.